The van der Waals surface area contributed by atoms with Gasteiger partial charge in [0, 0.05) is 30.6 Å². The van der Waals surface area contributed by atoms with E-state index in [1.165, 1.54) is 46.8 Å². The van der Waals surface area contributed by atoms with Gasteiger partial charge < -0.3 is 15.4 Å². The van der Waals surface area contributed by atoms with Crippen LogP contribution in [0.25, 0.3) is 0 Å². The van der Waals surface area contributed by atoms with Crippen LogP contribution in [0.1, 0.15) is 41.6 Å². The smallest absolute Gasteiger partial charge is 0.341 e. The topological polar surface area (TPSA) is 122 Å². The highest BCUT2D eigenvalue weighted by molar-refractivity contribution is 7.89. The summed E-state index contributed by atoms with van der Waals surface area (Å²) in [6, 6.07) is 5.76. The van der Waals surface area contributed by atoms with Gasteiger partial charge in [-0.1, -0.05) is 13.8 Å². The number of benzene rings is 1. The van der Waals surface area contributed by atoms with Crippen molar-refractivity contribution in [3.63, 3.8) is 0 Å². The first-order valence-electron chi connectivity index (χ1n) is 9.96. The van der Waals surface area contributed by atoms with Crippen LogP contribution in [0.5, 0.6) is 0 Å². The number of esters is 1. The first kappa shape index (κ1) is 25.5. The maximum atomic E-state index is 12.5. The van der Waals surface area contributed by atoms with E-state index in [1.807, 2.05) is 6.92 Å². The van der Waals surface area contributed by atoms with Crippen LogP contribution >= 0.6 is 11.3 Å². The molecule has 2 aromatic rings. The summed E-state index contributed by atoms with van der Waals surface area (Å²) >= 11 is 1.26. The van der Waals surface area contributed by atoms with Crippen molar-refractivity contribution in [3.05, 3.63) is 40.3 Å². The van der Waals surface area contributed by atoms with E-state index >= 15 is 0 Å². The van der Waals surface area contributed by atoms with Gasteiger partial charge in [-0.25, -0.2) is 13.2 Å². The van der Waals surface area contributed by atoms with Crippen molar-refractivity contribution in [1.82, 2.24) is 4.31 Å². The summed E-state index contributed by atoms with van der Waals surface area (Å²) in [5, 5.41) is 5.54. The number of nitrogens with zero attached hydrogens (tertiary/aromatic N) is 1. The molecule has 174 valence electrons. The van der Waals surface area contributed by atoms with Gasteiger partial charge in [0.1, 0.15) is 5.00 Å². The molecule has 1 aromatic carbocycles. The second kappa shape index (κ2) is 10.7. The molecular weight excluding hydrogens is 454 g/mol. The van der Waals surface area contributed by atoms with E-state index in [4.69, 9.17) is 4.74 Å². The Kier molecular flexibility index (Phi) is 8.53. The van der Waals surface area contributed by atoms with Gasteiger partial charge in [0.25, 0.3) is 5.91 Å². The Hall–Kier alpha value is -2.76. The number of carbonyl (C=O) groups is 3. The lowest BCUT2D eigenvalue weighted by Crippen LogP contribution is -2.30. The molecule has 2 rings (SSSR count). The summed E-state index contributed by atoms with van der Waals surface area (Å²) in [5.74, 6) is -1.61. The minimum Gasteiger partial charge on any atom is -0.452 e. The summed E-state index contributed by atoms with van der Waals surface area (Å²) in [5.41, 5.74) is 1.27. The van der Waals surface area contributed by atoms with E-state index in [2.05, 4.69) is 10.6 Å². The lowest BCUT2D eigenvalue weighted by molar-refractivity contribution is -0.119. The van der Waals surface area contributed by atoms with Gasteiger partial charge in [-0.3, -0.25) is 9.59 Å². The van der Waals surface area contributed by atoms with Gasteiger partial charge in [0.2, 0.25) is 15.9 Å². The average Bonchev–Trinajstić information content (AvgIpc) is 3.00. The average molecular weight is 482 g/mol. The molecule has 0 aliphatic carbocycles. The predicted molar refractivity (Wildman–Crippen MR) is 124 cm³/mol. The molecule has 32 heavy (non-hydrogen) atoms. The number of ether oxygens (including phenoxy) is 1. The third-order valence-corrected chi connectivity index (χ3v) is 7.88. The molecule has 9 nitrogen and oxygen atoms in total. The Labute approximate surface area is 191 Å². The van der Waals surface area contributed by atoms with Crippen LogP contribution in [0.4, 0.5) is 10.7 Å². The fourth-order valence-electron chi connectivity index (χ4n) is 2.94. The number of thiophene rings is 1. The van der Waals surface area contributed by atoms with Crippen molar-refractivity contribution in [3.8, 4) is 0 Å². The predicted octanol–water partition coefficient (Wildman–Crippen LogP) is 3.15. The standard InChI is InChI=1S/C21H27N3O6S2/c1-6-24(7-2)32(28,29)17-10-8-16(9-11-17)23-18(26)12-30-21(27)19-13(3)14(4)31-20(19)22-15(5)25/h8-11H,6-7,12H2,1-5H3,(H,22,25)(H,23,26). The van der Waals surface area contributed by atoms with E-state index < -0.39 is 28.5 Å². The molecule has 0 radical (unpaired) electrons. The molecule has 1 aromatic heterocycles. The van der Waals surface area contributed by atoms with Crippen LogP contribution in [0.2, 0.25) is 0 Å². The summed E-state index contributed by atoms with van der Waals surface area (Å²) < 4.78 is 31.5. The number of carbonyl (C=O) groups excluding carboxylic acids is 3. The molecule has 0 saturated carbocycles. The SMILES string of the molecule is CCN(CC)S(=O)(=O)c1ccc(NC(=O)COC(=O)c2c(NC(C)=O)sc(C)c2C)cc1. The number of hydrogen-bond acceptors (Lipinski definition) is 7. The molecule has 1 heterocycles. The molecule has 2 amide bonds. The quantitative estimate of drug-likeness (QED) is 0.531. The van der Waals surface area contributed by atoms with Crippen molar-refractivity contribution in [1.29, 1.82) is 0 Å². The summed E-state index contributed by atoms with van der Waals surface area (Å²) in [4.78, 5) is 37.0. The fraction of sp³-hybridized carbons (Fsp3) is 0.381. The number of nitrogens with one attached hydrogen (secondary N) is 2. The number of sulfonamides is 1. The van der Waals surface area contributed by atoms with E-state index in [1.54, 1.807) is 20.8 Å². The highest BCUT2D eigenvalue weighted by Gasteiger charge is 2.23. The fourth-order valence-corrected chi connectivity index (χ4v) is 5.50. The Morgan fingerprint density at radius 2 is 1.62 bits per heavy atom. The Morgan fingerprint density at radius 1 is 1.03 bits per heavy atom. The zero-order valence-corrected chi connectivity index (χ0v) is 20.3. The van der Waals surface area contributed by atoms with Crippen molar-refractivity contribution in [2.45, 2.75) is 39.5 Å². The molecule has 0 spiro atoms. The number of hydrogen-bond donors (Lipinski definition) is 2. The molecule has 0 saturated heterocycles. The van der Waals surface area contributed by atoms with Gasteiger partial charge >= 0.3 is 5.97 Å². The van der Waals surface area contributed by atoms with E-state index in [0.717, 1.165) is 4.88 Å². The van der Waals surface area contributed by atoms with E-state index in [0.29, 0.717) is 29.3 Å². The third kappa shape index (κ3) is 5.93. The first-order chi connectivity index (χ1) is 15.0. The zero-order valence-electron chi connectivity index (χ0n) is 18.6. The molecular formula is C21H27N3O6S2. The second-order valence-electron chi connectivity index (χ2n) is 6.91. The van der Waals surface area contributed by atoms with Crippen molar-refractivity contribution >= 4 is 49.8 Å². The molecule has 11 heteroatoms. The molecule has 0 aliphatic rings. The van der Waals surface area contributed by atoms with Crippen molar-refractivity contribution in [2.24, 2.45) is 0 Å². The minimum atomic E-state index is -3.59. The Balaban J connectivity index is 2.02. The molecule has 0 aliphatic heterocycles. The van der Waals surface area contributed by atoms with E-state index in [9.17, 15) is 22.8 Å². The molecule has 2 N–H and O–H groups in total. The van der Waals surface area contributed by atoms with Crippen molar-refractivity contribution in [2.75, 3.05) is 30.3 Å². The van der Waals surface area contributed by atoms with Gasteiger partial charge in [0.15, 0.2) is 6.61 Å². The van der Waals surface area contributed by atoms with E-state index in [-0.39, 0.29) is 16.4 Å². The normalized spacial score (nSPS) is 11.3. The molecule has 0 fully saturated rings. The van der Waals surface area contributed by atoms with Crippen LogP contribution in [-0.4, -0.2) is 50.2 Å². The largest absolute Gasteiger partial charge is 0.452 e. The Bertz CT molecular complexity index is 1100. The first-order valence-corrected chi connectivity index (χ1v) is 12.2. The van der Waals surface area contributed by atoms with Crippen LogP contribution in [0.15, 0.2) is 29.2 Å². The Morgan fingerprint density at radius 3 is 2.16 bits per heavy atom. The minimum absolute atomic E-state index is 0.124. The van der Waals surface area contributed by atoms with Crippen molar-refractivity contribution < 1.29 is 27.5 Å². The summed E-state index contributed by atoms with van der Waals surface area (Å²) in [6.45, 7) is 8.59. The van der Waals surface area contributed by atoms with Crippen LogP contribution in [0, 0.1) is 13.8 Å². The van der Waals surface area contributed by atoms with Gasteiger partial charge in [-0.2, -0.15) is 4.31 Å². The van der Waals surface area contributed by atoms with Crippen LogP contribution < -0.4 is 10.6 Å². The zero-order chi connectivity index (χ0) is 24.1. The maximum Gasteiger partial charge on any atom is 0.341 e. The molecule has 0 unspecified atom stereocenters. The molecule has 0 bridgehead atoms. The second-order valence-corrected chi connectivity index (χ2v) is 10.1. The highest BCUT2D eigenvalue weighted by Crippen LogP contribution is 2.33. The van der Waals surface area contributed by atoms with Gasteiger partial charge in [-0.05, 0) is 43.7 Å². The monoisotopic (exact) mass is 481 g/mol. The molecule has 0 atom stereocenters. The number of anilines is 2. The lowest BCUT2D eigenvalue weighted by atomic mass is 10.1. The number of aryl methyl sites for hydroxylation is 1. The van der Waals surface area contributed by atoms with Gasteiger partial charge in [0.05, 0.1) is 10.5 Å². The lowest BCUT2D eigenvalue weighted by Gasteiger charge is -2.18. The van der Waals surface area contributed by atoms with Gasteiger partial charge in [-0.15, -0.1) is 11.3 Å². The number of amides is 2. The summed E-state index contributed by atoms with van der Waals surface area (Å²) in [6.07, 6.45) is 0. The maximum absolute atomic E-state index is 12.5. The highest BCUT2D eigenvalue weighted by atomic mass is 32.2. The number of rotatable bonds is 9. The van der Waals surface area contributed by atoms with Crippen LogP contribution in [0.3, 0.4) is 0 Å². The third-order valence-electron chi connectivity index (χ3n) is 4.69. The van der Waals surface area contributed by atoms with Crippen LogP contribution in [-0.2, 0) is 24.3 Å². The summed E-state index contributed by atoms with van der Waals surface area (Å²) in [7, 11) is -3.59.